The van der Waals surface area contributed by atoms with E-state index in [9.17, 15) is 8.78 Å². The zero-order valence-electron chi connectivity index (χ0n) is 12.3. The highest BCUT2D eigenvalue weighted by Gasteiger charge is 2.24. The van der Waals surface area contributed by atoms with Crippen molar-refractivity contribution in [2.45, 2.75) is 33.2 Å². The van der Waals surface area contributed by atoms with Crippen LogP contribution in [0.5, 0.6) is 0 Å². The summed E-state index contributed by atoms with van der Waals surface area (Å²) in [5.74, 6) is -1.03. The highest BCUT2D eigenvalue weighted by molar-refractivity contribution is 7.16. The van der Waals surface area contributed by atoms with E-state index in [1.54, 1.807) is 6.92 Å². The van der Waals surface area contributed by atoms with Crippen molar-refractivity contribution < 1.29 is 8.78 Å². The molecular formula is C16H18ClF2NS. The Kier molecular flexibility index (Phi) is 5.36. The molecule has 0 saturated carbocycles. The largest absolute Gasteiger partial charge is 0.305 e. The first kappa shape index (κ1) is 16.4. The summed E-state index contributed by atoms with van der Waals surface area (Å²) in [5.41, 5.74) is 1.43. The van der Waals surface area contributed by atoms with Gasteiger partial charge in [-0.05, 0) is 50.1 Å². The molecule has 0 fully saturated rings. The highest BCUT2D eigenvalue weighted by atomic mass is 35.5. The lowest BCUT2D eigenvalue weighted by Gasteiger charge is -2.20. The molecule has 2 rings (SSSR count). The number of thiophene rings is 1. The van der Waals surface area contributed by atoms with Gasteiger partial charge in [-0.15, -0.1) is 11.3 Å². The third-order valence-corrected chi connectivity index (χ3v) is 4.99. The fourth-order valence-electron chi connectivity index (χ4n) is 2.20. The Labute approximate surface area is 133 Å². The summed E-state index contributed by atoms with van der Waals surface area (Å²) in [6, 6.07) is 4.15. The Bertz CT molecular complexity index is 620. The predicted molar refractivity (Wildman–Crippen MR) is 85.3 cm³/mol. The second-order valence-electron chi connectivity index (χ2n) is 5.08. The summed E-state index contributed by atoms with van der Waals surface area (Å²) in [7, 11) is 0. The van der Waals surface area contributed by atoms with Gasteiger partial charge in [0.2, 0.25) is 0 Å². The van der Waals surface area contributed by atoms with Crippen LogP contribution in [0.15, 0.2) is 18.2 Å². The molecule has 0 aliphatic heterocycles. The minimum Gasteiger partial charge on any atom is -0.305 e. The van der Waals surface area contributed by atoms with Crippen molar-refractivity contribution in [3.63, 3.8) is 0 Å². The zero-order chi connectivity index (χ0) is 15.6. The van der Waals surface area contributed by atoms with Crippen LogP contribution in [0.25, 0.3) is 0 Å². The summed E-state index contributed by atoms with van der Waals surface area (Å²) < 4.78 is 29.3. The van der Waals surface area contributed by atoms with Gasteiger partial charge in [-0.3, -0.25) is 0 Å². The molecule has 1 heterocycles. The molecule has 1 atom stereocenters. The van der Waals surface area contributed by atoms with Crippen molar-refractivity contribution in [3.8, 4) is 0 Å². The van der Waals surface area contributed by atoms with Gasteiger partial charge >= 0.3 is 0 Å². The zero-order valence-corrected chi connectivity index (χ0v) is 13.8. The summed E-state index contributed by atoms with van der Waals surface area (Å²) >= 11 is 7.47. The van der Waals surface area contributed by atoms with Crippen LogP contribution in [0.3, 0.4) is 0 Å². The molecule has 1 unspecified atom stereocenters. The molecule has 0 spiro atoms. The van der Waals surface area contributed by atoms with Crippen LogP contribution in [0.4, 0.5) is 8.78 Å². The predicted octanol–water partition coefficient (Wildman–Crippen LogP) is 5.39. The third-order valence-electron chi connectivity index (χ3n) is 3.37. The van der Waals surface area contributed by atoms with Crippen molar-refractivity contribution in [2.24, 2.45) is 0 Å². The molecular weight excluding hydrogens is 312 g/mol. The number of hydrogen-bond acceptors (Lipinski definition) is 2. The van der Waals surface area contributed by atoms with E-state index >= 15 is 0 Å². The molecule has 114 valence electrons. The van der Waals surface area contributed by atoms with Crippen LogP contribution in [0.2, 0.25) is 4.34 Å². The molecule has 0 saturated heterocycles. The lowest BCUT2D eigenvalue weighted by atomic mass is 10.0. The molecule has 1 nitrogen and oxygen atoms in total. The average Bonchev–Trinajstić information content (AvgIpc) is 2.78. The first-order valence-corrected chi connectivity index (χ1v) is 8.08. The average molecular weight is 330 g/mol. The lowest BCUT2D eigenvalue weighted by molar-refractivity contribution is 0.502. The molecule has 0 bridgehead atoms. The molecule has 0 aliphatic carbocycles. The number of halogens is 3. The Morgan fingerprint density at radius 2 is 1.95 bits per heavy atom. The third kappa shape index (κ3) is 3.44. The molecule has 1 aromatic heterocycles. The maximum Gasteiger partial charge on any atom is 0.134 e. The lowest BCUT2D eigenvalue weighted by Crippen LogP contribution is -2.24. The summed E-state index contributed by atoms with van der Waals surface area (Å²) in [6.45, 7) is 6.22. The maximum absolute atomic E-state index is 14.4. The van der Waals surface area contributed by atoms with E-state index in [4.69, 9.17) is 11.6 Å². The number of rotatable bonds is 5. The molecule has 21 heavy (non-hydrogen) atoms. The minimum atomic E-state index is -0.533. The summed E-state index contributed by atoms with van der Waals surface area (Å²) in [5, 5.41) is 3.22. The van der Waals surface area contributed by atoms with Gasteiger partial charge in [0, 0.05) is 10.4 Å². The van der Waals surface area contributed by atoms with Gasteiger partial charge in [-0.1, -0.05) is 24.6 Å². The van der Waals surface area contributed by atoms with E-state index in [1.807, 2.05) is 19.9 Å². The van der Waals surface area contributed by atoms with Gasteiger partial charge in [0.15, 0.2) is 0 Å². The van der Waals surface area contributed by atoms with Gasteiger partial charge < -0.3 is 5.32 Å². The second-order valence-corrected chi connectivity index (χ2v) is 6.77. The molecule has 0 aliphatic rings. The number of hydrogen-bond donors (Lipinski definition) is 1. The van der Waals surface area contributed by atoms with E-state index < -0.39 is 17.7 Å². The van der Waals surface area contributed by atoms with E-state index in [0.717, 1.165) is 16.9 Å². The van der Waals surface area contributed by atoms with Crippen LogP contribution in [-0.2, 0) is 0 Å². The van der Waals surface area contributed by atoms with Crippen molar-refractivity contribution in [1.29, 1.82) is 0 Å². The number of nitrogens with one attached hydrogen (secondary N) is 1. The fraction of sp³-hybridized carbons (Fsp3) is 0.375. The Morgan fingerprint density at radius 1 is 1.24 bits per heavy atom. The molecule has 1 aromatic carbocycles. The van der Waals surface area contributed by atoms with Crippen molar-refractivity contribution in [2.75, 3.05) is 6.54 Å². The van der Waals surface area contributed by atoms with Crippen molar-refractivity contribution >= 4 is 22.9 Å². The van der Waals surface area contributed by atoms with Crippen LogP contribution < -0.4 is 5.32 Å². The van der Waals surface area contributed by atoms with E-state index in [2.05, 4.69) is 5.32 Å². The van der Waals surface area contributed by atoms with Crippen molar-refractivity contribution in [1.82, 2.24) is 5.32 Å². The van der Waals surface area contributed by atoms with Crippen LogP contribution in [-0.4, -0.2) is 6.54 Å². The van der Waals surface area contributed by atoms with E-state index in [1.165, 1.54) is 23.5 Å². The molecule has 0 amide bonds. The molecule has 1 N–H and O–H groups in total. The standard InChI is InChI=1S/C16H18ClF2NS/c1-4-7-20-15(12-8-10(3)16(17)21-12)13-11(18)6-5-9(2)14(13)19/h5-6,8,15,20H,4,7H2,1-3H3. The normalized spacial score (nSPS) is 12.7. The number of aryl methyl sites for hydroxylation is 2. The first-order chi connectivity index (χ1) is 9.95. The molecule has 2 aromatic rings. The van der Waals surface area contributed by atoms with E-state index in [-0.39, 0.29) is 5.56 Å². The maximum atomic E-state index is 14.4. The summed E-state index contributed by atoms with van der Waals surface area (Å²) in [4.78, 5) is 0.828. The summed E-state index contributed by atoms with van der Waals surface area (Å²) in [6.07, 6.45) is 0.879. The van der Waals surface area contributed by atoms with Gasteiger partial charge in [-0.25, -0.2) is 8.78 Å². The van der Waals surface area contributed by atoms with Gasteiger partial charge in [0.1, 0.15) is 11.6 Å². The minimum absolute atomic E-state index is 0.0707. The van der Waals surface area contributed by atoms with Gasteiger partial charge in [-0.2, -0.15) is 0 Å². The molecule has 5 heteroatoms. The Balaban J connectivity index is 2.53. The van der Waals surface area contributed by atoms with Crippen molar-refractivity contribution in [3.05, 3.63) is 55.7 Å². The monoisotopic (exact) mass is 329 g/mol. The first-order valence-electron chi connectivity index (χ1n) is 6.89. The Hall–Kier alpha value is -0.970. The topological polar surface area (TPSA) is 12.0 Å². The number of benzene rings is 1. The van der Waals surface area contributed by atoms with Crippen LogP contribution in [0.1, 0.15) is 41.0 Å². The van der Waals surface area contributed by atoms with Gasteiger partial charge in [0.05, 0.1) is 10.4 Å². The second kappa shape index (κ2) is 6.86. The Morgan fingerprint density at radius 3 is 2.52 bits per heavy atom. The highest BCUT2D eigenvalue weighted by Crippen LogP contribution is 2.36. The van der Waals surface area contributed by atoms with Crippen LogP contribution in [0, 0.1) is 25.5 Å². The smallest absolute Gasteiger partial charge is 0.134 e. The fourth-order valence-corrected chi connectivity index (χ4v) is 3.51. The quantitative estimate of drug-likeness (QED) is 0.776. The van der Waals surface area contributed by atoms with Crippen LogP contribution >= 0.6 is 22.9 Å². The van der Waals surface area contributed by atoms with E-state index in [0.29, 0.717) is 16.4 Å². The SMILES string of the molecule is CCCNC(c1cc(C)c(Cl)s1)c1c(F)ccc(C)c1F. The van der Waals surface area contributed by atoms with Gasteiger partial charge in [0.25, 0.3) is 0 Å². The molecule has 0 radical (unpaired) electrons.